The van der Waals surface area contributed by atoms with Gasteiger partial charge in [0, 0.05) is 38.1 Å². The fourth-order valence-electron chi connectivity index (χ4n) is 5.94. The van der Waals surface area contributed by atoms with Crippen LogP contribution in [0.25, 0.3) is 11.2 Å². The summed E-state index contributed by atoms with van der Waals surface area (Å²) in [6, 6.07) is 20.2. The first-order valence-electron chi connectivity index (χ1n) is 15.3. The summed E-state index contributed by atoms with van der Waals surface area (Å²) >= 11 is 0. The number of aliphatic hydroxyl groups excluding tert-OH is 2. The minimum absolute atomic E-state index is 0.0364. The third kappa shape index (κ3) is 6.25. The summed E-state index contributed by atoms with van der Waals surface area (Å²) in [4.78, 5) is 41.7. The number of carbonyl (C=O) groups excluding carboxylic acids is 2. The van der Waals surface area contributed by atoms with Crippen molar-refractivity contribution in [2.45, 2.75) is 56.3 Å². The molecule has 0 bridgehead atoms. The molecule has 0 aliphatic carbocycles. The number of ether oxygens (including phenoxy) is 1. The summed E-state index contributed by atoms with van der Waals surface area (Å²) in [5, 5.41) is 27.6. The molecule has 0 saturated carbocycles. The molecule has 2 aromatic carbocycles. The molecule has 2 aliphatic rings. The van der Waals surface area contributed by atoms with Gasteiger partial charge in [-0.25, -0.2) is 15.0 Å². The smallest absolute Gasteiger partial charge is 0.291 e. The largest absolute Gasteiger partial charge is 0.387 e. The van der Waals surface area contributed by atoms with Crippen molar-refractivity contribution >= 4 is 28.8 Å². The summed E-state index contributed by atoms with van der Waals surface area (Å²) in [6.45, 7) is 3.48. The van der Waals surface area contributed by atoms with Crippen LogP contribution in [0.2, 0.25) is 0 Å². The minimum atomic E-state index is -1.48. The number of aromatic nitrogens is 4. The number of amides is 2. The molecule has 2 amide bonds. The normalized spacial score (nSPS) is 22.2. The second-order valence-electron chi connectivity index (χ2n) is 11.4. The number of imidazole rings is 1. The molecule has 4 atom stereocenters. The molecule has 45 heavy (non-hydrogen) atoms. The first-order valence-corrected chi connectivity index (χ1v) is 15.3. The number of nitrogens with two attached hydrogens (primary N) is 1. The molecule has 13 heteroatoms. The van der Waals surface area contributed by atoms with Gasteiger partial charge >= 0.3 is 0 Å². The van der Waals surface area contributed by atoms with E-state index in [1.807, 2.05) is 36.4 Å². The molecule has 6 rings (SSSR count). The molecule has 0 radical (unpaired) electrons. The SMILES string of the molecule is CCNC(=O)[C@H]1O[C@@H](n2cnc3c(NCC(c4ccccc4)c4ccccc4)nc(C(=O)N4CCC(N)CC4)nc32)[C@H](O)[C@@H]1O. The standard InChI is InChI=1S/C32H38N8O5/c1-2-34-30(43)26-24(41)25(42)32(45-26)40-18-36-23-27(37-28(38-29(23)40)31(44)39-15-13-21(33)14-16-39)35-17-22(19-9-5-3-6-10-19)20-11-7-4-8-12-20/h3-12,18,21-22,24-26,32,41-42H,2,13-17,33H2,1H3,(H,34,43)(H,35,37,38)/t24-,25+,26-,32+/m0/s1. The number of hydrogen-bond donors (Lipinski definition) is 5. The number of aliphatic hydroxyl groups is 2. The Hall–Kier alpha value is -4.43. The van der Waals surface area contributed by atoms with Gasteiger partial charge in [0.2, 0.25) is 5.82 Å². The predicted octanol–water partition coefficient (Wildman–Crippen LogP) is 1.39. The molecule has 2 fully saturated rings. The Bertz CT molecular complexity index is 1590. The van der Waals surface area contributed by atoms with Crippen LogP contribution in [0, 0.1) is 0 Å². The Morgan fingerprint density at radius 3 is 2.27 bits per heavy atom. The average molecular weight is 615 g/mol. The highest BCUT2D eigenvalue weighted by Gasteiger charge is 2.47. The van der Waals surface area contributed by atoms with Crippen molar-refractivity contribution in [1.29, 1.82) is 0 Å². The molecule has 6 N–H and O–H groups in total. The van der Waals surface area contributed by atoms with Crippen LogP contribution in [-0.4, -0.2) is 97.0 Å². The van der Waals surface area contributed by atoms with Gasteiger partial charge in [0.25, 0.3) is 11.8 Å². The number of rotatable bonds is 9. The van der Waals surface area contributed by atoms with Crippen LogP contribution in [0.5, 0.6) is 0 Å². The lowest BCUT2D eigenvalue weighted by molar-refractivity contribution is -0.137. The van der Waals surface area contributed by atoms with Crippen molar-refractivity contribution in [3.05, 3.63) is 83.9 Å². The Morgan fingerprint density at radius 1 is 1.00 bits per heavy atom. The predicted molar refractivity (Wildman–Crippen MR) is 166 cm³/mol. The van der Waals surface area contributed by atoms with E-state index >= 15 is 0 Å². The zero-order chi connectivity index (χ0) is 31.5. The van der Waals surface area contributed by atoms with Crippen LogP contribution in [0.15, 0.2) is 67.0 Å². The average Bonchev–Trinajstić information content (AvgIpc) is 3.62. The lowest BCUT2D eigenvalue weighted by Crippen LogP contribution is -2.43. The number of fused-ring (bicyclic) bond motifs is 1. The van der Waals surface area contributed by atoms with Gasteiger partial charge in [-0.15, -0.1) is 0 Å². The highest BCUT2D eigenvalue weighted by atomic mass is 16.6. The number of nitrogens with one attached hydrogen (secondary N) is 2. The van der Waals surface area contributed by atoms with Crippen molar-refractivity contribution in [2.75, 3.05) is 31.5 Å². The molecule has 4 aromatic rings. The molecule has 2 aliphatic heterocycles. The van der Waals surface area contributed by atoms with Crippen LogP contribution >= 0.6 is 0 Å². The van der Waals surface area contributed by atoms with Crippen LogP contribution in [-0.2, 0) is 9.53 Å². The number of piperidine rings is 1. The van der Waals surface area contributed by atoms with E-state index < -0.39 is 30.4 Å². The minimum Gasteiger partial charge on any atom is -0.387 e. The number of benzene rings is 2. The first kappa shape index (κ1) is 30.6. The molecule has 0 spiro atoms. The topological polar surface area (TPSA) is 181 Å². The van der Waals surface area contributed by atoms with Crippen molar-refractivity contribution < 1.29 is 24.5 Å². The van der Waals surface area contributed by atoms with E-state index in [-0.39, 0.29) is 29.3 Å². The highest BCUT2D eigenvalue weighted by molar-refractivity contribution is 5.94. The van der Waals surface area contributed by atoms with E-state index in [1.54, 1.807) is 11.8 Å². The molecular formula is C32H38N8O5. The Morgan fingerprint density at radius 2 is 1.64 bits per heavy atom. The lowest BCUT2D eigenvalue weighted by Gasteiger charge is -2.29. The number of anilines is 1. The summed E-state index contributed by atoms with van der Waals surface area (Å²) in [5.41, 5.74) is 8.83. The van der Waals surface area contributed by atoms with E-state index in [1.165, 1.54) is 10.9 Å². The van der Waals surface area contributed by atoms with Gasteiger partial charge in [0.15, 0.2) is 29.3 Å². The van der Waals surface area contributed by atoms with Gasteiger partial charge in [0.1, 0.15) is 12.2 Å². The summed E-state index contributed by atoms with van der Waals surface area (Å²) in [5.74, 6) is -0.655. The van der Waals surface area contributed by atoms with E-state index in [0.29, 0.717) is 50.4 Å². The molecule has 2 saturated heterocycles. The second kappa shape index (κ2) is 13.3. The molecular weight excluding hydrogens is 576 g/mol. The van der Waals surface area contributed by atoms with Crippen LogP contribution in [0.3, 0.4) is 0 Å². The fourth-order valence-corrected chi connectivity index (χ4v) is 5.94. The third-order valence-corrected chi connectivity index (χ3v) is 8.44. The monoisotopic (exact) mass is 614 g/mol. The number of carbonyl (C=O) groups is 2. The van der Waals surface area contributed by atoms with E-state index in [4.69, 9.17) is 10.5 Å². The maximum absolute atomic E-state index is 13.7. The number of likely N-dealkylation sites (N-methyl/N-ethyl adjacent to an activating group) is 1. The second-order valence-corrected chi connectivity index (χ2v) is 11.4. The maximum Gasteiger partial charge on any atom is 0.291 e. The number of nitrogens with zero attached hydrogens (tertiary/aromatic N) is 5. The zero-order valence-electron chi connectivity index (χ0n) is 25.0. The third-order valence-electron chi connectivity index (χ3n) is 8.44. The van der Waals surface area contributed by atoms with Crippen molar-refractivity contribution in [3.63, 3.8) is 0 Å². The number of hydrogen-bond acceptors (Lipinski definition) is 10. The van der Waals surface area contributed by atoms with Crippen molar-refractivity contribution in [2.24, 2.45) is 5.73 Å². The molecule has 236 valence electrons. The van der Waals surface area contributed by atoms with Gasteiger partial charge in [-0.1, -0.05) is 60.7 Å². The molecule has 2 aromatic heterocycles. The maximum atomic E-state index is 13.7. The van der Waals surface area contributed by atoms with Crippen molar-refractivity contribution in [1.82, 2.24) is 29.7 Å². The zero-order valence-corrected chi connectivity index (χ0v) is 25.0. The van der Waals surface area contributed by atoms with E-state index in [0.717, 1.165) is 11.1 Å². The summed E-state index contributed by atoms with van der Waals surface area (Å²) in [7, 11) is 0. The van der Waals surface area contributed by atoms with Crippen molar-refractivity contribution in [3.8, 4) is 0 Å². The van der Waals surface area contributed by atoms with Gasteiger partial charge < -0.3 is 36.2 Å². The Kier molecular flexibility index (Phi) is 9.03. The lowest BCUT2D eigenvalue weighted by atomic mass is 9.91. The Balaban J connectivity index is 1.38. The van der Waals surface area contributed by atoms with E-state index in [2.05, 4.69) is 49.9 Å². The fraction of sp³-hybridized carbons (Fsp3) is 0.406. The van der Waals surface area contributed by atoms with Crippen LogP contribution in [0.1, 0.15) is 53.7 Å². The Labute approximate surface area is 260 Å². The van der Waals surface area contributed by atoms with Gasteiger partial charge in [-0.05, 0) is 30.9 Å². The van der Waals surface area contributed by atoms with E-state index in [9.17, 15) is 19.8 Å². The van der Waals surface area contributed by atoms with Crippen LogP contribution in [0.4, 0.5) is 5.82 Å². The quantitative estimate of drug-likeness (QED) is 0.185. The first-order chi connectivity index (χ1) is 21.9. The van der Waals surface area contributed by atoms with Gasteiger partial charge in [0.05, 0.1) is 6.33 Å². The molecule has 0 unspecified atom stereocenters. The highest BCUT2D eigenvalue weighted by Crippen LogP contribution is 2.33. The van der Waals surface area contributed by atoms with Gasteiger partial charge in [-0.3, -0.25) is 14.2 Å². The number of likely N-dealkylation sites (tertiary alicyclic amines) is 1. The summed E-state index contributed by atoms with van der Waals surface area (Å²) < 4.78 is 7.29. The molecule has 13 nitrogen and oxygen atoms in total. The summed E-state index contributed by atoms with van der Waals surface area (Å²) in [6.07, 6.45) is -2.65. The van der Waals surface area contributed by atoms with Gasteiger partial charge in [-0.2, -0.15) is 0 Å². The molecule has 4 heterocycles. The van der Waals surface area contributed by atoms with Crippen LogP contribution < -0.4 is 16.4 Å².